The van der Waals surface area contributed by atoms with E-state index in [0.717, 1.165) is 10.3 Å². The molecule has 0 saturated carbocycles. The molecule has 106 valence electrons. The Hall–Kier alpha value is -1.40. The molecule has 2 rings (SSSR count). The fourth-order valence-corrected chi connectivity index (χ4v) is 2.15. The van der Waals surface area contributed by atoms with Crippen LogP contribution in [0, 0.1) is 0 Å². The van der Waals surface area contributed by atoms with Gasteiger partial charge in [-0.2, -0.15) is 8.78 Å². The molecule has 0 fully saturated rings. The molecule has 0 aliphatic heterocycles. The first-order valence-corrected chi connectivity index (χ1v) is 6.81. The molecule has 7 heteroatoms. The minimum Gasteiger partial charge on any atom is -0.433 e. The molecule has 0 saturated heterocycles. The Morgan fingerprint density at radius 1 is 1.30 bits per heavy atom. The van der Waals surface area contributed by atoms with Crippen molar-refractivity contribution in [2.45, 2.75) is 13.2 Å². The summed E-state index contributed by atoms with van der Waals surface area (Å²) in [5.41, 5.74) is 1.53. The predicted molar refractivity (Wildman–Crippen MR) is 77.3 cm³/mol. The first-order chi connectivity index (χ1) is 9.54. The second kappa shape index (κ2) is 6.85. The van der Waals surface area contributed by atoms with Gasteiger partial charge in [-0.05, 0) is 46.3 Å². The second-order valence-corrected chi connectivity index (χ2v) is 5.05. The Morgan fingerprint density at radius 3 is 2.75 bits per heavy atom. The molecule has 2 aromatic rings. The van der Waals surface area contributed by atoms with Crippen LogP contribution in [0.3, 0.4) is 0 Å². The maximum Gasteiger partial charge on any atom is 0.387 e. The van der Waals surface area contributed by atoms with Crippen LogP contribution < -0.4 is 10.1 Å². The van der Waals surface area contributed by atoms with Gasteiger partial charge in [-0.15, -0.1) is 0 Å². The molecule has 20 heavy (non-hydrogen) atoms. The van der Waals surface area contributed by atoms with Crippen molar-refractivity contribution in [2.24, 2.45) is 0 Å². The zero-order valence-corrected chi connectivity index (χ0v) is 12.5. The number of nitrogens with zero attached hydrogens (tertiary/aromatic N) is 1. The molecule has 3 nitrogen and oxygen atoms in total. The molecule has 0 aliphatic rings. The first-order valence-electron chi connectivity index (χ1n) is 5.64. The Bertz CT molecular complexity index is 598. The molecule has 1 aromatic carbocycles. The summed E-state index contributed by atoms with van der Waals surface area (Å²) in [5.74, 6) is -0.0483. The summed E-state index contributed by atoms with van der Waals surface area (Å²) in [6.45, 7) is -2.40. The number of anilines is 1. The van der Waals surface area contributed by atoms with Gasteiger partial charge in [0, 0.05) is 5.69 Å². The van der Waals surface area contributed by atoms with Crippen molar-refractivity contribution in [1.29, 1.82) is 0 Å². The van der Waals surface area contributed by atoms with Crippen LogP contribution >= 0.6 is 27.5 Å². The average molecular weight is 364 g/mol. The lowest BCUT2D eigenvalue weighted by molar-refractivity contribution is -0.0497. The SMILES string of the molecule is FC(F)Oc1ccc(NCc2cccc(Br)n2)cc1Cl. The predicted octanol–water partition coefficient (Wildman–Crippen LogP) is 4.71. The van der Waals surface area contributed by atoms with E-state index in [1.165, 1.54) is 12.1 Å². The highest BCUT2D eigenvalue weighted by Crippen LogP contribution is 2.29. The van der Waals surface area contributed by atoms with Crippen LogP contribution in [0.1, 0.15) is 5.69 Å². The summed E-state index contributed by atoms with van der Waals surface area (Å²) in [6.07, 6.45) is 0. The number of halogens is 4. The Balaban J connectivity index is 2.02. The fourth-order valence-electron chi connectivity index (χ4n) is 1.54. The van der Waals surface area contributed by atoms with Crippen LogP contribution in [0.4, 0.5) is 14.5 Å². The van der Waals surface area contributed by atoms with Gasteiger partial charge in [-0.1, -0.05) is 17.7 Å². The molecular weight excluding hydrogens is 354 g/mol. The number of alkyl halides is 2. The van der Waals surface area contributed by atoms with Crippen molar-refractivity contribution in [3.63, 3.8) is 0 Å². The van der Waals surface area contributed by atoms with Gasteiger partial charge in [0.05, 0.1) is 17.3 Å². The molecule has 0 unspecified atom stereocenters. The highest BCUT2D eigenvalue weighted by Gasteiger charge is 2.09. The van der Waals surface area contributed by atoms with Gasteiger partial charge in [-0.25, -0.2) is 4.98 Å². The van der Waals surface area contributed by atoms with Crippen molar-refractivity contribution in [2.75, 3.05) is 5.32 Å². The minimum absolute atomic E-state index is 0.0483. The lowest BCUT2D eigenvalue weighted by Crippen LogP contribution is -2.04. The van der Waals surface area contributed by atoms with Gasteiger partial charge >= 0.3 is 6.61 Å². The number of nitrogens with one attached hydrogen (secondary N) is 1. The minimum atomic E-state index is -2.89. The van der Waals surface area contributed by atoms with Gasteiger partial charge in [0.2, 0.25) is 0 Å². The van der Waals surface area contributed by atoms with E-state index in [-0.39, 0.29) is 10.8 Å². The standard InChI is InChI=1S/C13H10BrClF2N2O/c14-12-3-1-2-9(19-12)7-18-8-4-5-11(10(15)6-8)20-13(16)17/h1-6,13,18H,7H2. The van der Waals surface area contributed by atoms with E-state index in [1.807, 2.05) is 18.2 Å². The normalized spacial score (nSPS) is 10.7. The van der Waals surface area contributed by atoms with Crippen molar-refractivity contribution in [3.05, 3.63) is 51.7 Å². The molecule has 0 amide bonds. The van der Waals surface area contributed by atoms with E-state index in [0.29, 0.717) is 12.2 Å². The summed E-state index contributed by atoms with van der Waals surface area (Å²) < 4.78 is 29.2. The molecule has 0 atom stereocenters. The Labute approximate surface area is 128 Å². The van der Waals surface area contributed by atoms with Gasteiger partial charge in [0.25, 0.3) is 0 Å². The van der Waals surface area contributed by atoms with E-state index in [4.69, 9.17) is 11.6 Å². The highest BCUT2D eigenvalue weighted by molar-refractivity contribution is 9.10. The largest absolute Gasteiger partial charge is 0.433 e. The monoisotopic (exact) mass is 362 g/mol. The summed E-state index contributed by atoms with van der Waals surface area (Å²) in [4.78, 5) is 4.26. The second-order valence-electron chi connectivity index (χ2n) is 3.83. The number of aromatic nitrogens is 1. The number of rotatable bonds is 5. The average Bonchev–Trinajstić information content (AvgIpc) is 2.39. The third-order valence-corrected chi connectivity index (χ3v) is 3.13. The Morgan fingerprint density at radius 2 is 2.10 bits per heavy atom. The maximum atomic E-state index is 12.1. The van der Waals surface area contributed by atoms with E-state index in [9.17, 15) is 8.78 Å². The van der Waals surface area contributed by atoms with Crippen molar-refractivity contribution >= 4 is 33.2 Å². The molecule has 0 spiro atoms. The van der Waals surface area contributed by atoms with Crippen LogP contribution in [-0.4, -0.2) is 11.6 Å². The van der Waals surface area contributed by atoms with Gasteiger partial charge in [0.1, 0.15) is 10.4 Å². The Kier molecular flexibility index (Phi) is 5.14. The third kappa shape index (κ3) is 4.31. The number of ether oxygens (including phenoxy) is 1. The van der Waals surface area contributed by atoms with E-state index in [2.05, 4.69) is 31.0 Å². The lowest BCUT2D eigenvalue weighted by atomic mass is 10.3. The molecule has 0 radical (unpaired) electrons. The van der Waals surface area contributed by atoms with Gasteiger partial charge in [0.15, 0.2) is 0 Å². The molecular formula is C13H10BrClF2N2O. The van der Waals surface area contributed by atoms with Crippen LogP contribution in [0.15, 0.2) is 41.0 Å². The van der Waals surface area contributed by atoms with Crippen LogP contribution in [-0.2, 0) is 6.54 Å². The zero-order chi connectivity index (χ0) is 14.5. The summed E-state index contributed by atoms with van der Waals surface area (Å²) in [7, 11) is 0. The van der Waals surface area contributed by atoms with E-state index >= 15 is 0 Å². The number of hydrogen-bond donors (Lipinski definition) is 1. The highest BCUT2D eigenvalue weighted by atomic mass is 79.9. The van der Waals surface area contributed by atoms with Crippen molar-refractivity contribution in [1.82, 2.24) is 4.98 Å². The third-order valence-electron chi connectivity index (χ3n) is 2.39. The molecule has 1 aromatic heterocycles. The van der Waals surface area contributed by atoms with Crippen LogP contribution in [0.25, 0.3) is 0 Å². The number of hydrogen-bond acceptors (Lipinski definition) is 3. The fraction of sp³-hybridized carbons (Fsp3) is 0.154. The molecule has 0 aliphatic carbocycles. The van der Waals surface area contributed by atoms with Crippen molar-refractivity contribution in [3.8, 4) is 5.75 Å². The van der Waals surface area contributed by atoms with Gasteiger partial charge in [-0.3, -0.25) is 0 Å². The number of benzene rings is 1. The lowest BCUT2D eigenvalue weighted by Gasteiger charge is -2.10. The van der Waals surface area contributed by atoms with E-state index < -0.39 is 6.61 Å². The van der Waals surface area contributed by atoms with Crippen molar-refractivity contribution < 1.29 is 13.5 Å². The smallest absolute Gasteiger partial charge is 0.387 e. The summed E-state index contributed by atoms with van der Waals surface area (Å²) >= 11 is 9.14. The van der Waals surface area contributed by atoms with E-state index in [1.54, 1.807) is 6.07 Å². The maximum absolute atomic E-state index is 12.1. The summed E-state index contributed by atoms with van der Waals surface area (Å²) in [5, 5.41) is 3.22. The van der Waals surface area contributed by atoms with Crippen LogP contribution in [0.2, 0.25) is 5.02 Å². The summed E-state index contributed by atoms with van der Waals surface area (Å²) in [6, 6.07) is 10.1. The van der Waals surface area contributed by atoms with Gasteiger partial charge < -0.3 is 10.1 Å². The number of pyridine rings is 1. The quantitative estimate of drug-likeness (QED) is 0.781. The molecule has 0 bridgehead atoms. The molecule has 1 heterocycles. The molecule has 1 N–H and O–H groups in total. The first kappa shape index (κ1) is 15.0. The van der Waals surface area contributed by atoms with Crippen LogP contribution in [0.5, 0.6) is 5.75 Å². The zero-order valence-electron chi connectivity index (χ0n) is 10.1. The topological polar surface area (TPSA) is 34.1 Å².